The minimum Gasteiger partial charge on any atom is -0.275 e. The van der Waals surface area contributed by atoms with Gasteiger partial charge in [-0.15, -0.1) is 0 Å². The van der Waals surface area contributed by atoms with E-state index in [0.29, 0.717) is 0 Å². The largest absolute Gasteiger partial charge is 0.341 e. The van der Waals surface area contributed by atoms with Crippen LogP contribution in [0.3, 0.4) is 0 Å². The van der Waals surface area contributed by atoms with E-state index in [2.05, 4.69) is 0 Å². The van der Waals surface area contributed by atoms with Crippen LogP contribution in [0.2, 0.25) is 0 Å². The number of imide groups is 1. The highest BCUT2D eigenvalue weighted by Gasteiger charge is 2.59. The Morgan fingerprint density at radius 3 is 1.74 bits per heavy atom. The second-order valence-electron chi connectivity index (χ2n) is 9.41. The first kappa shape index (κ1) is 21.4. The molecule has 1 fully saturated rings. The van der Waals surface area contributed by atoms with Crippen LogP contribution in [0.15, 0.2) is 29.2 Å². The molecule has 7 heteroatoms. The average molecular weight is 395 g/mol. The monoisotopic (exact) mass is 394 g/mol. The molecular formula is C20H30N2O4S. The van der Waals surface area contributed by atoms with Crippen molar-refractivity contribution in [3.63, 3.8) is 0 Å². The van der Waals surface area contributed by atoms with Gasteiger partial charge in [0.1, 0.15) is 0 Å². The van der Waals surface area contributed by atoms with E-state index in [1.54, 1.807) is 12.1 Å². The lowest BCUT2D eigenvalue weighted by molar-refractivity contribution is -0.129. The van der Waals surface area contributed by atoms with Crippen molar-refractivity contribution in [3.8, 4) is 0 Å². The lowest BCUT2D eigenvalue weighted by atomic mass is 9.73. The van der Waals surface area contributed by atoms with Crippen molar-refractivity contribution in [2.24, 2.45) is 10.8 Å². The van der Waals surface area contributed by atoms with Crippen LogP contribution >= 0.6 is 0 Å². The van der Waals surface area contributed by atoms with E-state index in [9.17, 15) is 18.0 Å². The number of benzene rings is 1. The molecule has 1 aliphatic rings. The molecule has 0 N–H and O–H groups in total. The molecular weight excluding hydrogens is 364 g/mol. The summed E-state index contributed by atoms with van der Waals surface area (Å²) in [6.45, 7) is 14.6. The zero-order chi connectivity index (χ0) is 20.9. The third-order valence-electron chi connectivity index (χ3n) is 4.92. The quantitative estimate of drug-likeness (QED) is 0.765. The number of rotatable bonds is 2. The zero-order valence-electron chi connectivity index (χ0n) is 17.4. The molecule has 1 aromatic rings. The molecule has 3 amide bonds. The van der Waals surface area contributed by atoms with E-state index >= 15 is 0 Å². The molecule has 0 bridgehead atoms. The maximum absolute atomic E-state index is 13.4. The van der Waals surface area contributed by atoms with Crippen LogP contribution in [-0.4, -0.2) is 41.6 Å². The molecule has 0 saturated carbocycles. The summed E-state index contributed by atoms with van der Waals surface area (Å²) in [5, 5.41) is 0. The van der Waals surface area contributed by atoms with Gasteiger partial charge in [0.25, 0.3) is 10.0 Å². The molecule has 6 nitrogen and oxygen atoms in total. The maximum Gasteiger partial charge on any atom is 0.341 e. The third-order valence-corrected chi connectivity index (χ3v) is 6.69. The topological polar surface area (TPSA) is 74.8 Å². The second kappa shape index (κ2) is 6.62. The first-order chi connectivity index (χ1) is 12.1. The number of aryl methyl sites for hydroxylation is 1. The van der Waals surface area contributed by atoms with Gasteiger partial charge in [-0.2, -0.15) is 0 Å². The highest BCUT2D eigenvalue weighted by Crippen LogP contribution is 2.45. The molecule has 1 saturated heterocycles. The van der Waals surface area contributed by atoms with Crippen molar-refractivity contribution in [3.05, 3.63) is 29.8 Å². The predicted octanol–water partition coefficient (Wildman–Crippen LogP) is 3.80. The molecule has 2 unspecified atom stereocenters. The third kappa shape index (κ3) is 3.74. The van der Waals surface area contributed by atoms with Crippen LogP contribution in [0.5, 0.6) is 0 Å². The first-order valence-electron chi connectivity index (χ1n) is 9.05. The number of nitrogens with zero attached hydrogens (tertiary/aromatic N) is 2. The zero-order valence-corrected chi connectivity index (χ0v) is 18.2. The van der Waals surface area contributed by atoms with Crippen LogP contribution in [0.25, 0.3) is 0 Å². The fraction of sp³-hybridized carbons (Fsp3) is 0.600. The van der Waals surface area contributed by atoms with Crippen LogP contribution in [-0.2, 0) is 14.8 Å². The smallest absolute Gasteiger partial charge is 0.275 e. The van der Waals surface area contributed by atoms with Crippen LogP contribution in [0.1, 0.15) is 54.0 Å². The molecule has 0 radical (unpaired) electrons. The van der Waals surface area contributed by atoms with E-state index in [4.69, 9.17) is 0 Å². The highest BCUT2D eigenvalue weighted by molar-refractivity contribution is 7.89. The van der Waals surface area contributed by atoms with Crippen molar-refractivity contribution in [2.75, 3.05) is 0 Å². The number of hydrogen-bond donors (Lipinski definition) is 0. The Balaban J connectivity index is 2.74. The van der Waals surface area contributed by atoms with Gasteiger partial charge in [0.05, 0.1) is 17.0 Å². The van der Waals surface area contributed by atoms with Crippen LogP contribution in [0.4, 0.5) is 4.79 Å². The van der Waals surface area contributed by atoms with E-state index < -0.39 is 44.9 Å². The minimum atomic E-state index is -4.11. The molecule has 150 valence electrons. The SMILES string of the molecule is CC(=O)N1C(=O)N(S(=O)(=O)c2ccc(C)cc2)C(C(C)(C)C)C1C(C)(C)C. The summed E-state index contributed by atoms with van der Waals surface area (Å²) in [5.74, 6) is -0.448. The van der Waals surface area contributed by atoms with Crippen molar-refractivity contribution in [1.29, 1.82) is 0 Å². The summed E-state index contributed by atoms with van der Waals surface area (Å²) in [6.07, 6.45) is 0. The Hall–Kier alpha value is -1.89. The van der Waals surface area contributed by atoms with Gasteiger partial charge in [-0.05, 0) is 29.9 Å². The van der Waals surface area contributed by atoms with Gasteiger partial charge < -0.3 is 0 Å². The van der Waals surface area contributed by atoms with Gasteiger partial charge >= 0.3 is 6.03 Å². The lowest BCUT2D eigenvalue weighted by Gasteiger charge is -2.42. The molecule has 0 aliphatic carbocycles. The van der Waals surface area contributed by atoms with Gasteiger partial charge in [0, 0.05) is 6.92 Å². The van der Waals surface area contributed by atoms with Crippen LogP contribution in [0, 0.1) is 17.8 Å². The van der Waals surface area contributed by atoms with Gasteiger partial charge in [0.15, 0.2) is 0 Å². The Morgan fingerprint density at radius 2 is 1.37 bits per heavy atom. The molecule has 0 aromatic heterocycles. The Kier molecular flexibility index (Phi) is 5.25. The number of amides is 3. The van der Waals surface area contributed by atoms with E-state index in [1.165, 1.54) is 19.1 Å². The fourth-order valence-corrected chi connectivity index (χ4v) is 5.44. The van der Waals surface area contributed by atoms with E-state index in [0.717, 1.165) is 14.8 Å². The van der Waals surface area contributed by atoms with Crippen molar-refractivity contribution in [1.82, 2.24) is 9.21 Å². The summed E-state index contributed by atoms with van der Waals surface area (Å²) < 4.78 is 27.8. The van der Waals surface area contributed by atoms with Gasteiger partial charge in [-0.3, -0.25) is 9.69 Å². The number of carbonyl (C=O) groups is 2. The van der Waals surface area contributed by atoms with Crippen molar-refractivity contribution < 1.29 is 18.0 Å². The van der Waals surface area contributed by atoms with Gasteiger partial charge in [-0.25, -0.2) is 17.5 Å². The minimum absolute atomic E-state index is 0.0498. The predicted molar refractivity (Wildman–Crippen MR) is 105 cm³/mol. The summed E-state index contributed by atoms with van der Waals surface area (Å²) in [5.41, 5.74) is -0.126. The molecule has 1 aliphatic heterocycles. The normalized spacial score (nSPS) is 21.7. The number of urea groups is 1. The van der Waals surface area contributed by atoms with Crippen molar-refractivity contribution in [2.45, 2.75) is 72.4 Å². The number of hydrogen-bond acceptors (Lipinski definition) is 4. The molecule has 27 heavy (non-hydrogen) atoms. The van der Waals surface area contributed by atoms with E-state index in [-0.39, 0.29) is 4.90 Å². The van der Waals surface area contributed by atoms with Crippen LogP contribution < -0.4 is 0 Å². The summed E-state index contributed by atoms with van der Waals surface area (Å²) in [4.78, 5) is 26.7. The standard InChI is InChI=1S/C20H30N2O4S/c1-13-9-11-15(12-10-13)27(25,26)22-17(20(6,7)8)16(19(3,4)5)21(14(2)23)18(22)24/h9-12,16-17H,1-8H3. The molecule has 0 spiro atoms. The number of sulfonamides is 1. The molecule has 1 heterocycles. The van der Waals surface area contributed by atoms with Gasteiger partial charge in [-0.1, -0.05) is 59.2 Å². The molecule has 1 aromatic carbocycles. The Morgan fingerprint density at radius 1 is 0.926 bits per heavy atom. The fourth-order valence-electron chi connectivity index (χ4n) is 3.71. The van der Waals surface area contributed by atoms with E-state index in [1.807, 2.05) is 48.5 Å². The lowest BCUT2D eigenvalue weighted by Crippen LogP contribution is -2.53. The summed E-state index contributed by atoms with van der Waals surface area (Å²) >= 11 is 0. The maximum atomic E-state index is 13.4. The first-order valence-corrected chi connectivity index (χ1v) is 10.5. The Labute approximate surface area is 162 Å². The molecule has 2 atom stereocenters. The highest BCUT2D eigenvalue weighted by atomic mass is 32.2. The second-order valence-corrected chi connectivity index (χ2v) is 11.2. The van der Waals surface area contributed by atoms with Gasteiger partial charge in [0.2, 0.25) is 5.91 Å². The number of carbonyl (C=O) groups excluding carboxylic acids is 2. The average Bonchev–Trinajstić information content (AvgIpc) is 2.82. The summed E-state index contributed by atoms with van der Waals surface area (Å²) in [6, 6.07) is 4.37. The Bertz CT molecular complexity index is 845. The molecule has 2 rings (SSSR count). The summed E-state index contributed by atoms with van der Waals surface area (Å²) in [7, 11) is -4.11. The van der Waals surface area contributed by atoms with Crippen molar-refractivity contribution >= 4 is 22.0 Å².